The Morgan fingerprint density at radius 3 is 2.19 bits per heavy atom. The highest BCUT2D eigenvalue weighted by Gasteiger charge is 2.35. The first-order valence-electron chi connectivity index (χ1n) is 15.5. The SMILES string of the molecule is O=C(NC[C@@H](O)C(=O)O)c1ccc(CN(C(=O)NC(c2ccc(OC(F)(F)F)cc2)C2CC2)c2ccc(C3=CCCCC3)cc2)cc1. The average molecular weight is 652 g/mol. The van der Waals surface area contributed by atoms with Crippen LogP contribution in [0.4, 0.5) is 23.7 Å². The third kappa shape index (κ3) is 9.35. The van der Waals surface area contributed by atoms with Crippen LogP contribution in [0.3, 0.4) is 0 Å². The second-order valence-electron chi connectivity index (χ2n) is 11.8. The summed E-state index contributed by atoms with van der Waals surface area (Å²) in [5.74, 6) is -2.21. The number of hydrogen-bond donors (Lipinski definition) is 4. The summed E-state index contributed by atoms with van der Waals surface area (Å²) in [4.78, 5) is 38.8. The van der Waals surface area contributed by atoms with E-state index in [1.807, 2.05) is 24.3 Å². The molecule has 1 saturated carbocycles. The number of amides is 3. The fraction of sp³-hybridized carbons (Fsp3) is 0.343. The van der Waals surface area contributed by atoms with Crippen molar-refractivity contribution in [3.63, 3.8) is 0 Å². The summed E-state index contributed by atoms with van der Waals surface area (Å²) in [5.41, 5.74) is 4.62. The zero-order chi connectivity index (χ0) is 33.6. The number of rotatable bonds is 12. The molecule has 9 nitrogen and oxygen atoms in total. The van der Waals surface area contributed by atoms with Gasteiger partial charge in [-0.1, -0.05) is 42.5 Å². The van der Waals surface area contributed by atoms with Gasteiger partial charge >= 0.3 is 18.4 Å². The van der Waals surface area contributed by atoms with Gasteiger partial charge in [-0.05, 0) is 103 Å². The summed E-state index contributed by atoms with van der Waals surface area (Å²) in [6.07, 6.45) is 1.76. The fourth-order valence-electron chi connectivity index (χ4n) is 5.55. The molecule has 2 atom stereocenters. The van der Waals surface area contributed by atoms with Gasteiger partial charge in [0.25, 0.3) is 5.91 Å². The fourth-order valence-corrected chi connectivity index (χ4v) is 5.55. The van der Waals surface area contributed by atoms with Crippen LogP contribution in [0.5, 0.6) is 5.75 Å². The predicted octanol–water partition coefficient (Wildman–Crippen LogP) is 6.59. The number of carbonyl (C=O) groups excluding carboxylic acids is 2. The molecule has 4 N–H and O–H groups in total. The second-order valence-corrected chi connectivity index (χ2v) is 11.8. The summed E-state index contributed by atoms with van der Waals surface area (Å²) < 4.78 is 42.1. The third-order valence-corrected chi connectivity index (χ3v) is 8.23. The number of allylic oxidation sites excluding steroid dienone is 2. The van der Waals surface area contributed by atoms with Gasteiger partial charge in [0.05, 0.1) is 19.1 Å². The van der Waals surface area contributed by atoms with Crippen molar-refractivity contribution < 1.29 is 42.5 Å². The molecular weight excluding hydrogens is 615 g/mol. The minimum absolute atomic E-state index is 0.133. The number of halogens is 3. The zero-order valence-corrected chi connectivity index (χ0v) is 25.5. The summed E-state index contributed by atoms with van der Waals surface area (Å²) >= 11 is 0. The van der Waals surface area contributed by atoms with Gasteiger partial charge in [0, 0.05) is 11.3 Å². The van der Waals surface area contributed by atoms with Crippen LogP contribution >= 0.6 is 0 Å². The van der Waals surface area contributed by atoms with Gasteiger partial charge in [-0.15, -0.1) is 13.2 Å². The summed E-state index contributed by atoms with van der Waals surface area (Å²) in [6.45, 7) is -0.305. The predicted molar refractivity (Wildman–Crippen MR) is 169 cm³/mol. The van der Waals surface area contributed by atoms with Crippen LogP contribution in [-0.2, 0) is 11.3 Å². The Kier molecular flexibility index (Phi) is 10.5. The number of carbonyl (C=O) groups is 3. The highest BCUT2D eigenvalue weighted by atomic mass is 19.4. The quantitative estimate of drug-likeness (QED) is 0.175. The first-order chi connectivity index (χ1) is 22.5. The molecule has 3 amide bonds. The van der Waals surface area contributed by atoms with Gasteiger partial charge < -0.3 is 25.6 Å². The first kappa shape index (κ1) is 33.5. The van der Waals surface area contributed by atoms with Crippen molar-refractivity contribution in [3.8, 4) is 5.75 Å². The van der Waals surface area contributed by atoms with Crippen molar-refractivity contribution in [3.05, 3.63) is 101 Å². The molecule has 0 aromatic heterocycles. The monoisotopic (exact) mass is 651 g/mol. The van der Waals surface area contributed by atoms with Crippen LogP contribution in [0.1, 0.15) is 71.6 Å². The number of anilines is 1. The Balaban J connectivity index is 1.35. The Morgan fingerprint density at radius 2 is 1.62 bits per heavy atom. The van der Waals surface area contributed by atoms with Gasteiger partial charge in [0.2, 0.25) is 0 Å². The standard InChI is InChI=1S/C35H36F3N3O6/c36-35(37,38)47-29-18-14-26(15-19-29)31(25-10-11-25)40-34(46)41(28-16-12-24(13-17-28)23-4-2-1-3-5-23)21-22-6-8-27(9-7-22)32(43)39-20-30(42)33(44)45/h4,6-9,12-19,25,30-31,42H,1-3,5,10-11,20-21H2,(H,39,43)(H,40,46)(H,44,45)/t30-,31?/m1/s1. The van der Waals surface area contributed by atoms with E-state index in [4.69, 9.17) is 5.11 Å². The van der Waals surface area contributed by atoms with Gasteiger partial charge in [0.15, 0.2) is 6.10 Å². The van der Waals surface area contributed by atoms with Crippen molar-refractivity contribution in [2.45, 2.75) is 63.6 Å². The lowest BCUT2D eigenvalue weighted by molar-refractivity contribution is -0.274. The van der Waals surface area contributed by atoms with Gasteiger partial charge in [0.1, 0.15) is 5.75 Å². The number of nitrogens with zero attached hydrogens (tertiary/aromatic N) is 1. The molecule has 3 aromatic carbocycles. The van der Waals surface area contributed by atoms with E-state index in [1.54, 1.807) is 29.2 Å². The lowest BCUT2D eigenvalue weighted by Gasteiger charge is -2.28. The number of alkyl halides is 3. The van der Waals surface area contributed by atoms with Crippen LogP contribution in [-0.4, -0.2) is 47.1 Å². The number of nitrogens with one attached hydrogen (secondary N) is 2. The Hall–Kier alpha value is -4.84. The van der Waals surface area contributed by atoms with Crippen molar-refractivity contribution in [1.82, 2.24) is 10.6 Å². The number of benzene rings is 3. The molecule has 3 aromatic rings. The van der Waals surface area contributed by atoms with Crippen LogP contribution in [0.2, 0.25) is 0 Å². The van der Waals surface area contributed by atoms with Crippen LogP contribution in [0.15, 0.2) is 78.9 Å². The topological polar surface area (TPSA) is 128 Å². The normalized spacial score (nSPS) is 16.0. The Bertz CT molecular complexity index is 1590. The molecular formula is C35H36F3N3O6. The molecule has 0 aliphatic heterocycles. The third-order valence-electron chi connectivity index (χ3n) is 8.23. The zero-order valence-electron chi connectivity index (χ0n) is 25.5. The Labute approximate surface area is 270 Å². The molecule has 47 heavy (non-hydrogen) atoms. The van der Waals surface area contributed by atoms with E-state index in [2.05, 4.69) is 21.4 Å². The number of hydrogen-bond acceptors (Lipinski definition) is 5. The summed E-state index contributed by atoms with van der Waals surface area (Å²) in [6, 6.07) is 18.9. The van der Waals surface area contributed by atoms with E-state index in [0.717, 1.165) is 37.7 Å². The van der Waals surface area contributed by atoms with E-state index in [1.165, 1.54) is 36.3 Å². The van der Waals surface area contributed by atoms with Crippen molar-refractivity contribution in [1.29, 1.82) is 0 Å². The molecule has 1 unspecified atom stereocenters. The average Bonchev–Trinajstić information content (AvgIpc) is 3.91. The molecule has 2 aliphatic rings. The molecule has 248 valence electrons. The maximum atomic E-state index is 14.0. The van der Waals surface area contributed by atoms with E-state index in [-0.39, 0.29) is 23.8 Å². The number of aliphatic hydroxyl groups excluding tert-OH is 1. The molecule has 1 fully saturated rings. The smallest absolute Gasteiger partial charge is 0.479 e. The van der Waals surface area contributed by atoms with Gasteiger partial charge in [-0.25, -0.2) is 9.59 Å². The molecule has 0 radical (unpaired) electrons. The van der Waals surface area contributed by atoms with Crippen molar-refractivity contribution in [2.24, 2.45) is 5.92 Å². The highest BCUT2D eigenvalue weighted by molar-refractivity contribution is 5.95. The highest BCUT2D eigenvalue weighted by Crippen LogP contribution is 2.42. The maximum Gasteiger partial charge on any atom is 0.573 e. The molecule has 12 heteroatoms. The second kappa shape index (κ2) is 14.7. The first-order valence-corrected chi connectivity index (χ1v) is 15.5. The molecule has 2 aliphatic carbocycles. The number of ether oxygens (including phenoxy) is 1. The molecule has 0 bridgehead atoms. The number of carboxylic acids is 1. The summed E-state index contributed by atoms with van der Waals surface area (Å²) in [7, 11) is 0. The van der Waals surface area contributed by atoms with Gasteiger partial charge in [-0.2, -0.15) is 0 Å². The minimum Gasteiger partial charge on any atom is -0.479 e. The number of aliphatic hydroxyl groups is 1. The number of urea groups is 1. The van der Waals surface area contributed by atoms with Crippen LogP contribution < -0.4 is 20.3 Å². The van der Waals surface area contributed by atoms with E-state index in [0.29, 0.717) is 16.8 Å². The van der Waals surface area contributed by atoms with Crippen LogP contribution in [0.25, 0.3) is 5.57 Å². The Morgan fingerprint density at radius 1 is 0.936 bits per heavy atom. The maximum absolute atomic E-state index is 14.0. The lowest BCUT2D eigenvalue weighted by atomic mass is 9.93. The lowest BCUT2D eigenvalue weighted by Crippen LogP contribution is -2.42. The molecule has 5 rings (SSSR count). The number of carboxylic acid groups (broad SMARTS) is 1. The largest absolute Gasteiger partial charge is 0.573 e. The number of aliphatic carboxylic acids is 1. The van der Waals surface area contributed by atoms with Gasteiger partial charge in [-0.3, -0.25) is 9.69 Å². The van der Waals surface area contributed by atoms with E-state index < -0.39 is 43.0 Å². The molecule has 0 spiro atoms. The summed E-state index contributed by atoms with van der Waals surface area (Å²) in [5, 5.41) is 23.7. The van der Waals surface area contributed by atoms with Crippen molar-refractivity contribution >= 4 is 29.2 Å². The minimum atomic E-state index is -4.81. The molecule has 0 saturated heterocycles. The van der Waals surface area contributed by atoms with E-state index in [9.17, 15) is 32.7 Å². The molecule has 0 heterocycles. The van der Waals surface area contributed by atoms with Crippen LogP contribution in [0, 0.1) is 5.92 Å². The van der Waals surface area contributed by atoms with Crippen molar-refractivity contribution in [2.75, 3.05) is 11.4 Å². The van der Waals surface area contributed by atoms with E-state index >= 15 is 0 Å².